The molecule has 0 spiro atoms. The molecule has 90 valence electrons. The quantitative estimate of drug-likeness (QED) is 0.635. The third-order valence-electron chi connectivity index (χ3n) is 2.16. The van der Waals surface area contributed by atoms with Crippen LogP contribution in [0.1, 0.15) is 30.5 Å². The van der Waals surface area contributed by atoms with Crippen molar-refractivity contribution >= 4 is 35.3 Å². The van der Waals surface area contributed by atoms with Crippen molar-refractivity contribution in [3.8, 4) is 0 Å². The summed E-state index contributed by atoms with van der Waals surface area (Å²) >= 11 is 3.42. The van der Waals surface area contributed by atoms with Crippen LogP contribution in [0.5, 0.6) is 0 Å². The first-order valence-electron chi connectivity index (χ1n) is 5.65. The number of rotatable bonds is 6. The molecule has 17 heavy (non-hydrogen) atoms. The Hall–Kier alpha value is -1.07. The normalized spacial score (nSPS) is 11.4. The van der Waals surface area contributed by atoms with Crippen LogP contribution < -0.4 is 0 Å². The monoisotopic (exact) mass is 265 g/mol. The van der Waals surface area contributed by atoms with Gasteiger partial charge >= 0.3 is 0 Å². The van der Waals surface area contributed by atoms with Crippen LogP contribution in [0.3, 0.4) is 0 Å². The highest BCUT2D eigenvalue weighted by atomic mass is 32.2. The van der Waals surface area contributed by atoms with Crippen LogP contribution in [0.15, 0.2) is 22.7 Å². The standard InChI is InChI=1S/C12H15N3S2/c1-2-3-8-17-12-13-11(14-15-12)7-6-10-5-4-9-16-10/h4-7,9H,2-3,8H2,1H3,(H,13,14,15)/b7-6+. The van der Waals surface area contributed by atoms with E-state index in [-0.39, 0.29) is 0 Å². The van der Waals surface area contributed by atoms with Gasteiger partial charge in [-0.25, -0.2) is 4.98 Å². The van der Waals surface area contributed by atoms with E-state index in [9.17, 15) is 0 Å². The molecule has 0 radical (unpaired) electrons. The summed E-state index contributed by atoms with van der Waals surface area (Å²) < 4.78 is 0. The SMILES string of the molecule is CCCCSc1n[nH]c(/C=C/c2cccs2)n1. The Kier molecular flexibility index (Phi) is 4.82. The van der Waals surface area contributed by atoms with Crippen LogP contribution in [0.25, 0.3) is 12.2 Å². The second kappa shape index (κ2) is 6.61. The highest BCUT2D eigenvalue weighted by molar-refractivity contribution is 7.99. The molecule has 0 unspecified atom stereocenters. The predicted octanol–water partition coefficient (Wildman–Crippen LogP) is 3.93. The van der Waals surface area contributed by atoms with Crippen LogP contribution >= 0.6 is 23.1 Å². The molecule has 0 aliphatic rings. The van der Waals surface area contributed by atoms with Gasteiger partial charge in [-0.2, -0.15) is 0 Å². The van der Waals surface area contributed by atoms with Crippen molar-refractivity contribution in [2.75, 3.05) is 5.75 Å². The van der Waals surface area contributed by atoms with E-state index in [1.165, 1.54) is 17.7 Å². The first-order valence-corrected chi connectivity index (χ1v) is 7.52. The van der Waals surface area contributed by atoms with Crippen LogP contribution in [0.4, 0.5) is 0 Å². The molecule has 5 heteroatoms. The topological polar surface area (TPSA) is 41.6 Å². The summed E-state index contributed by atoms with van der Waals surface area (Å²) in [4.78, 5) is 5.62. The molecule has 0 saturated carbocycles. The molecule has 0 aliphatic carbocycles. The maximum atomic E-state index is 4.40. The van der Waals surface area contributed by atoms with E-state index in [1.54, 1.807) is 23.1 Å². The van der Waals surface area contributed by atoms with E-state index < -0.39 is 0 Å². The van der Waals surface area contributed by atoms with Gasteiger partial charge in [0.1, 0.15) is 5.82 Å². The summed E-state index contributed by atoms with van der Waals surface area (Å²) in [7, 11) is 0. The Morgan fingerprint density at radius 2 is 2.41 bits per heavy atom. The van der Waals surface area contributed by atoms with Crippen LogP contribution in [-0.2, 0) is 0 Å². The van der Waals surface area contributed by atoms with Crippen molar-refractivity contribution in [3.63, 3.8) is 0 Å². The second-order valence-electron chi connectivity index (χ2n) is 3.55. The fourth-order valence-electron chi connectivity index (χ4n) is 1.25. The van der Waals surface area contributed by atoms with Crippen LogP contribution in [-0.4, -0.2) is 20.9 Å². The molecule has 2 aromatic heterocycles. The van der Waals surface area contributed by atoms with Crippen molar-refractivity contribution in [1.29, 1.82) is 0 Å². The minimum absolute atomic E-state index is 0.817. The van der Waals surface area contributed by atoms with E-state index in [1.807, 2.05) is 18.2 Å². The molecule has 1 N–H and O–H groups in total. The number of hydrogen-bond donors (Lipinski definition) is 1. The number of thiophene rings is 1. The number of aromatic amines is 1. The van der Waals surface area contributed by atoms with Gasteiger partial charge in [-0.05, 0) is 30.0 Å². The first kappa shape index (κ1) is 12.4. The largest absolute Gasteiger partial charge is 0.259 e. The van der Waals surface area contributed by atoms with Gasteiger partial charge in [0, 0.05) is 10.6 Å². The number of nitrogens with zero attached hydrogens (tertiary/aromatic N) is 2. The Morgan fingerprint density at radius 1 is 1.47 bits per heavy atom. The number of thioether (sulfide) groups is 1. The first-order chi connectivity index (χ1) is 8.38. The van der Waals surface area contributed by atoms with Crippen molar-refractivity contribution in [2.45, 2.75) is 24.9 Å². The summed E-state index contributed by atoms with van der Waals surface area (Å²) in [6.45, 7) is 2.19. The molecule has 0 aromatic carbocycles. The van der Waals surface area contributed by atoms with Gasteiger partial charge in [0.25, 0.3) is 0 Å². The van der Waals surface area contributed by atoms with Crippen molar-refractivity contribution in [1.82, 2.24) is 15.2 Å². The zero-order valence-corrected chi connectivity index (χ0v) is 11.4. The van der Waals surface area contributed by atoms with Gasteiger partial charge in [-0.1, -0.05) is 31.2 Å². The van der Waals surface area contributed by atoms with E-state index in [2.05, 4.69) is 33.6 Å². The van der Waals surface area contributed by atoms with E-state index >= 15 is 0 Å². The highest BCUT2D eigenvalue weighted by Gasteiger charge is 2.00. The summed E-state index contributed by atoms with van der Waals surface area (Å²) in [5.41, 5.74) is 0. The Labute approximate surface area is 109 Å². The number of nitrogens with one attached hydrogen (secondary N) is 1. The lowest BCUT2D eigenvalue weighted by molar-refractivity contribution is 0.889. The third kappa shape index (κ3) is 4.02. The molecule has 0 saturated heterocycles. The molecule has 3 nitrogen and oxygen atoms in total. The minimum Gasteiger partial charge on any atom is -0.259 e. The third-order valence-corrected chi connectivity index (χ3v) is 3.93. The summed E-state index contributed by atoms with van der Waals surface area (Å²) in [6.07, 6.45) is 6.43. The van der Waals surface area contributed by atoms with E-state index in [0.29, 0.717) is 0 Å². The Morgan fingerprint density at radius 3 is 3.18 bits per heavy atom. The van der Waals surface area contributed by atoms with Gasteiger partial charge in [-0.15, -0.1) is 16.4 Å². The Balaban J connectivity index is 1.89. The maximum absolute atomic E-state index is 4.40. The number of unbranched alkanes of at least 4 members (excludes halogenated alkanes) is 1. The summed E-state index contributed by atoms with van der Waals surface area (Å²) in [5, 5.41) is 10.00. The van der Waals surface area contributed by atoms with Crippen molar-refractivity contribution in [3.05, 3.63) is 28.2 Å². The summed E-state index contributed by atoms with van der Waals surface area (Å²) in [5.74, 6) is 1.90. The van der Waals surface area contributed by atoms with Gasteiger partial charge in [0.05, 0.1) is 0 Å². The highest BCUT2D eigenvalue weighted by Crippen LogP contribution is 2.16. The molecule has 2 rings (SSSR count). The van der Waals surface area contributed by atoms with Crippen LogP contribution in [0, 0.1) is 0 Å². The molecular weight excluding hydrogens is 250 g/mol. The van der Waals surface area contributed by atoms with Gasteiger partial charge < -0.3 is 0 Å². The summed E-state index contributed by atoms with van der Waals surface area (Å²) in [6, 6.07) is 4.12. The number of H-pyrrole nitrogens is 1. The van der Waals surface area contributed by atoms with Gasteiger partial charge in [0.2, 0.25) is 5.16 Å². The average Bonchev–Trinajstić information content (AvgIpc) is 2.98. The van der Waals surface area contributed by atoms with Crippen molar-refractivity contribution in [2.24, 2.45) is 0 Å². The van der Waals surface area contributed by atoms with E-state index in [0.717, 1.165) is 16.7 Å². The molecule has 0 fully saturated rings. The van der Waals surface area contributed by atoms with Crippen molar-refractivity contribution < 1.29 is 0 Å². The maximum Gasteiger partial charge on any atom is 0.208 e. The number of aromatic nitrogens is 3. The number of hydrogen-bond acceptors (Lipinski definition) is 4. The lowest BCUT2D eigenvalue weighted by atomic mass is 10.4. The molecule has 0 atom stereocenters. The lowest BCUT2D eigenvalue weighted by Gasteiger charge is -1.91. The molecule has 0 amide bonds. The van der Waals surface area contributed by atoms with Gasteiger partial charge in [-0.3, -0.25) is 5.10 Å². The molecule has 0 aliphatic heterocycles. The fourth-order valence-corrected chi connectivity index (χ4v) is 2.76. The smallest absolute Gasteiger partial charge is 0.208 e. The zero-order chi connectivity index (χ0) is 11.9. The zero-order valence-electron chi connectivity index (χ0n) is 9.72. The van der Waals surface area contributed by atoms with E-state index in [4.69, 9.17) is 0 Å². The Bertz CT molecular complexity index is 460. The molecule has 2 heterocycles. The minimum atomic E-state index is 0.817. The predicted molar refractivity (Wildman–Crippen MR) is 75.3 cm³/mol. The van der Waals surface area contributed by atoms with Gasteiger partial charge in [0.15, 0.2) is 0 Å². The second-order valence-corrected chi connectivity index (χ2v) is 5.60. The fraction of sp³-hybridized carbons (Fsp3) is 0.333. The lowest BCUT2D eigenvalue weighted by Crippen LogP contribution is -1.80. The molecule has 0 bridgehead atoms. The molecular formula is C12H15N3S2. The average molecular weight is 265 g/mol. The molecule has 2 aromatic rings. The van der Waals surface area contributed by atoms with Crippen LogP contribution in [0.2, 0.25) is 0 Å².